The zero-order chi connectivity index (χ0) is 10.7. The predicted octanol–water partition coefficient (Wildman–Crippen LogP) is 0.715. The van der Waals surface area contributed by atoms with Gasteiger partial charge in [-0.25, -0.2) is 9.97 Å². The second-order valence-corrected chi connectivity index (χ2v) is 3.01. The van der Waals surface area contributed by atoms with E-state index in [-0.39, 0.29) is 11.0 Å². The summed E-state index contributed by atoms with van der Waals surface area (Å²) < 4.78 is 0. The molecule has 0 aliphatic heterocycles. The third-order valence-electron chi connectivity index (χ3n) is 1.35. The van der Waals surface area contributed by atoms with Crippen LogP contribution in [0.1, 0.15) is 23.1 Å². The fourth-order valence-corrected chi connectivity index (χ4v) is 1.10. The molecule has 0 bridgehead atoms. The number of hydrogen-bond acceptors (Lipinski definition) is 4. The lowest BCUT2D eigenvalue weighted by atomic mass is 10.3. The molecule has 2 amide bonds. The topological polar surface area (TPSA) is 72.0 Å². The molecule has 6 heteroatoms. The molecule has 0 saturated heterocycles. The minimum absolute atomic E-state index is 0.0151. The van der Waals surface area contributed by atoms with Gasteiger partial charge in [0, 0.05) is 12.6 Å². The molecule has 1 aromatic rings. The molecule has 0 atom stereocenters. The summed E-state index contributed by atoms with van der Waals surface area (Å²) in [5.41, 5.74) is 0.649. The highest BCUT2D eigenvalue weighted by atomic mass is 35.5. The second kappa shape index (κ2) is 4.15. The maximum Gasteiger partial charge on any atom is 0.276 e. The average molecular weight is 214 g/mol. The van der Waals surface area contributed by atoms with Gasteiger partial charge in [0.2, 0.25) is 11.2 Å². The fraction of sp³-hybridized carbons (Fsp3) is 0.250. The molecular formula is C8H8ClN3O2. The van der Waals surface area contributed by atoms with Gasteiger partial charge in [0.1, 0.15) is 5.69 Å². The van der Waals surface area contributed by atoms with E-state index >= 15 is 0 Å². The van der Waals surface area contributed by atoms with E-state index in [1.165, 1.54) is 13.0 Å². The second-order valence-electron chi connectivity index (χ2n) is 2.67. The molecule has 0 unspecified atom stereocenters. The van der Waals surface area contributed by atoms with Gasteiger partial charge in [-0.3, -0.25) is 14.9 Å². The van der Waals surface area contributed by atoms with Crippen LogP contribution in [0.15, 0.2) is 6.07 Å². The highest BCUT2D eigenvalue weighted by Gasteiger charge is 2.10. The van der Waals surface area contributed by atoms with Crippen LogP contribution in [0.4, 0.5) is 0 Å². The van der Waals surface area contributed by atoms with Gasteiger partial charge < -0.3 is 0 Å². The van der Waals surface area contributed by atoms with Gasteiger partial charge in [-0.15, -0.1) is 0 Å². The number of carbonyl (C=O) groups is 2. The quantitative estimate of drug-likeness (QED) is 0.698. The van der Waals surface area contributed by atoms with Crippen molar-refractivity contribution in [3.63, 3.8) is 0 Å². The molecule has 1 aromatic heterocycles. The fourth-order valence-electron chi connectivity index (χ4n) is 0.873. The van der Waals surface area contributed by atoms with Crippen LogP contribution in [0.2, 0.25) is 5.28 Å². The molecular weight excluding hydrogens is 206 g/mol. The first kappa shape index (κ1) is 10.6. The van der Waals surface area contributed by atoms with Crippen molar-refractivity contribution in [2.45, 2.75) is 13.8 Å². The van der Waals surface area contributed by atoms with E-state index in [1.54, 1.807) is 6.92 Å². The molecule has 0 spiro atoms. The maximum absolute atomic E-state index is 11.3. The van der Waals surface area contributed by atoms with Crippen LogP contribution < -0.4 is 5.32 Å². The van der Waals surface area contributed by atoms with Crippen LogP contribution in [-0.4, -0.2) is 21.8 Å². The molecule has 0 aromatic carbocycles. The van der Waals surface area contributed by atoms with E-state index < -0.39 is 11.8 Å². The third kappa shape index (κ3) is 2.77. The Morgan fingerprint density at radius 2 is 2.07 bits per heavy atom. The summed E-state index contributed by atoms with van der Waals surface area (Å²) in [6.45, 7) is 2.92. The molecule has 5 nitrogen and oxygen atoms in total. The number of imide groups is 1. The Morgan fingerprint density at radius 3 is 2.57 bits per heavy atom. The van der Waals surface area contributed by atoms with Gasteiger partial charge >= 0.3 is 0 Å². The van der Waals surface area contributed by atoms with Crippen molar-refractivity contribution in [3.8, 4) is 0 Å². The van der Waals surface area contributed by atoms with Crippen LogP contribution in [0.25, 0.3) is 0 Å². The van der Waals surface area contributed by atoms with Crippen LogP contribution in [0.5, 0.6) is 0 Å². The molecule has 0 radical (unpaired) electrons. The van der Waals surface area contributed by atoms with E-state index in [1.807, 2.05) is 0 Å². The van der Waals surface area contributed by atoms with Crippen molar-refractivity contribution in [1.29, 1.82) is 0 Å². The molecule has 1 heterocycles. The number of hydrogen-bond donors (Lipinski definition) is 1. The van der Waals surface area contributed by atoms with Crippen LogP contribution in [0.3, 0.4) is 0 Å². The summed E-state index contributed by atoms with van der Waals surface area (Å²) in [7, 11) is 0. The van der Waals surface area contributed by atoms with E-state index in [2.05, 4.69) is 15.3 Å². The zero-order valence-corrected chi connectivity index (χ0v) is 8.42. The number of rotatable bonds is 1. The monoisotopic (exact) mass is 213 g/mol. The van der Waals surface area contributed by atoms with Crippen molar-refractivity contribution in [2.75, 3.05) is 0 Å². The van der Waals surface area contributed by atoms with Crippen LogP contribution in [-0.2, 0) is 4.79 Å². The molecule has 14 heavy (non-hydrogen) atoms. The van der Waals surface area contributed by atoms with Gasteiger partial charge in [0.05, 0.1) is 0 Å². The Balaban J connectivity index is 2.95. The summed E-state index contributed by atoms with van der Waals surface area (Å²) in [4.78, 5) is 29.3. The standard InChI is InChI=1S/C8H8ClN3O2/c1-4-3-6(12-8(9)10-4)7(14)11-5(2)13/h3H,1-2H3,(H,11,13,14). The molecule has 1 rings (SSSR count). The van der Waals surface area contributed by atoms with Crippen LogP contribution in [0, 0.1) is 6.92 Å². The van der Waals surface area contributed by atoms with Gasteiger partial charge in [-0.05, 0) is 24.6 Å². The normalized spacial score (nSPS) is 9.64. The molecule has 0 fully saturated rings. The highest BCUT2D eigenvalue weighted by Crippen LogP contribution is 2.04. The Bertz CT molecular complexity index is 372. The van der Waals surface area contributed by atoms with E-state index in [9.17, 15) is 9.59 Å². The van der Waals surface area contributed by atoms with Gasteiger partial charge in [0.25, 0.3) is 5.91 Å². The van der Waals surface area contributed by atoms with Crippen molar-refractivity contribution in [1.82, 2.24) is 15.3 Å². The van der Waals surface area contributed by atoms with Crippen molar-refractivity contribution in [2.24, 2.45) is 0 Å². The molecule has 0 aliphatic carbocycles. The van der Waals surface area contributed by atoms with Gasteiger partial charge in [-0.2, -0.15) is 0 Å². The number of nitrogens with one attached hydrogen (secondary N) is 1. The number of halogens is 1. The molecule has 74 valence electrons. The first-order chi connectivity index (χ1) is 6.49. The Morgan fingerprint density at radius 1 is 1.43 bits per heavy atom. The lowest BCUT2D eigenvalue weighted by Gasteiger charge is -2.01. The largest absolute Gasteiger partial charge is 0.291 e. The Labute approximate surface area is 85.5 Å². The SMILES string of the molecule is CC(=O)NC(=O)c1cc(C)nc(Cl)n1. The number of carbonyl (C=O) groups excluding carboxylic acids is 2. The number of amides is 2. The summed E-state index contributed by atoms with van der Waals surface area (Å²) in [6, 6.07) is 1.45. The Hall–Kier alpha value is -1.49. The van der Waals surface area contributed by atoms with E-state index in [0.717, 1.165) is 0 Å². The van der Waals surface area contributed by atoms with E-state index in [0.29, 0.717) is 5.69 Å². The van der Waals surface area contributed by atoms with Crippen LogP contribution >= 0.6 is 11.6 Å². The van der Waals surface area contributed by atoms with Gasteiger partial charge in [0.15, 0.2) is 0 Å². The minimum atomic E-state index is -0.579. The number of aromatic nitrogens is 2. The number of aryl methyl sites for hydroxylation is 1. The van der Waals surface area contributed by atoms with Gasteiger partial charge in [-0.1, -0.05) is 0 Å². The summed E-state index contributed by atoms with van der Waals surface area (Å²) in [5.74, 6) is -1.02. The summed E-state index contributed by atoms with van der Waals surface area (Å²) in [6.07, 6.45) is 0. The highest BCUT2D eigenvalue weighted by molar-refractivity contribution is 6.28. The first-order valence-corrected chi connectivity index (χ1v) is 4.20. The van der Waals surface area contributed by atoms with E-state index in [4.69, 9.17) is 11.6 Å². The van der Waals surface area contributed by atoms with Crippen molar-refractivity contribution >= 4 is 23.4 Å². The average Bonchev–Trinajstić information content (AvgIpc) is 2.00. The smallest absolute Gasteiger partial charge is 0.276 e. The predicted molar refractivity (Wildman–Crippen MR) is 49.9 cm³/mol. The molecule has 1 N–H and O–H groups in total. The molecule has 0 saturated carbocycles. The third-order valence-corrected chi connectivity index (χ3v) is 1.52. The van der Waals surface area contributed by atoms with Crippen molar-refractivity contribution < 1.29 is 9.59 Å². The zero-order valence-electron chi connectivity index (χ0n) is 7.67. The lowest BCUT2D eigenvalue weighted by molar-refractivity contribution is -0.118. The Kier molecular flexibility index (Phi) is 3.14. The maximum atomic E-state index is 11.3. The minimum Gasteiger partial charge on any atom is -0.291 e. The van der Waals surface area contributed by atoms with Crippen molar-refractivity contribution in [3.05, 3.63) is 22.7 Å². The summed E-state index contributed by atoms with van der Waals surface area (Å²) in [5, 5.41) is 2.07. The summed E-state index contributed by atoms with van der Waals surface area (Å²) >= 11 is 5.54. The first-order valence-electron chi connectivity index (χ1n) is 3.82. The molecule has 0 aliphatic rings. The number of nitrogens with zero attached hydrogens (tertiary/aromatic N) is 2. The lowest BCUT2D eigenvalue weighted by Crippen LogP contribution is -2.28.